The predicted octanol–water partition coefficient (Wildman–Crippen LogP) is 0.666. The fraction of sp³-hybridized carbons (Fsp3) is 0.400. The van der Waals surface area contributed by atoms with Crippen LogP contribution in [0.15, 0.2) is 30.3 Å². The number of hydrogen-bond donors (Lipinski definition) is 2. The van der Waals surface area contributed by atoms with Crippen molar-refractivity contribution < 1.29 is 14.9 Å². The van der Waals surface area contributed by atoms with Gasteiger partial charge in [0.2, 0.25) is 0 Å². The number of benzene rings is 1. The van der Waals surface area contributed by atoms with Crippen molar-refractivity contribution in [1.29, 1.82) is 0 Å². The van der Waals surface area contributed by atoms with Gasteiger partial charge in [0.05, 0.1) is 19.8 Å². The van der Waals surface area contributed by atoms with E-state index in [-0.39, 0.29) is 19.1 Å². The second kappa shape index (κ2) is 5.56. The maximum absolute atomic E-state index is 8.76. The molecule has 13 heavy (non-hydrogen) atoms. The molecule has 3 nitrogen and oxygen atoms in total. The molecule has 0 heterocycles. The third kappa shape index (κ3) is 3.44. The Kier molecular flexibility index (Phi) is 4.29. The lowest BCUT2D eigenvalue weighted by atomic mass is 10.2. The Morgan fingerprint density at radius 2 is 1.69 bits per heavy atom. The average Bonchev–Trinajstić information content (AvgIpc) is 2.21. The molecule has 0 atom stereocenters. The number of ether oxygens (including phenoxy) is 1. The summed E-state index contributed by atoms with van der Waals surface area (Å²) < 4.78 is 5.33. The van der Waals surface area contributed by atoms with Crippen LogP contribution in [-0.2, 0) is 0 Å². The minimum atomic E-state index is -0.194. The number of para-hydroxylation sites is 1. The van der Waals surface area contributed by atoms with Gasteiger partial charge in [0.1, 0.15) is 5.75 Å². The average molecular weight is 182 g/mol. The van der Waals surface area contributed by atoms with Gasteiger partial charge in [-0.3, -0.25) is 0 Å². The van der Waals surface area contributed by atoms with Crippen molar-refractivity contribution in [1.82, 2.24) is 0 Å². The Morgan fingerprint density at radius 3 is 2.23 bits per heavy atom. The van der Waals surface area contributed by atoms with Crippen LogP contribution in [0.1, 0.15) is 0 Å². The highest BCUT2D eigenvalue weighted by Crippen LogP contribution is 2.09. The molecule has 0 amide bonds. The summed E-state index contributed by atoms with van der Waals surface area (Å²) in [5, 5.41) is 17.5. The molecule has 0 spiro atoms. The lowest BCUT2D eigenvalue weighted by Gasteiger charge is -2.11. The van der Waals surface area contributed by atoms with Crippen molar-refractivity contribution >= 4 is 0 Å². The monoisotopic (exact) mass is 182 g/mol. The molecule has 1 aromatic rings. The number of aliphatic hydroxyl groups excluding tert-OH is 2. The molecular formula is C10H14O3. The number of hydrogen-bond acceptors (Lipinski definition) is 3. The van der Waals surface area contributed by atoms with Crippen molar-refractivity contribution in [2.75, 3.05) is 19.8 Å². The van der Waals surface area contributed by atoms with Gasteiger partial charge in [-0.15, -0.1) is 0 Å². The first-order valence-corrected chi connectivity index (χ1v) is 4.26. The first-order chi connectivity index (χ1) is 6.36. The van der Waals surface area contributed by atoms with Crippen LogP contribution < -0.4 is 4.74 Å². The Morgan fingerprint density at radius 1 is 1.08 bits per heavy atom. The predicted molar refractivity (Wildman–Crippen MR) is 49.6 cm³/mol. The largest absolute Gasteiger partial charge is 0.493 e. The van der Waals surface area contributed by atoms with Crippen LogP contribution in [0.5, 0.6) is 5.75 Å². The highest BCUT2D eigenvalue weighted by Gasteiger charge is 2.05. The summed E-state index contributed by atoms with van der Waals surface area (Å²) in [6.45, 7) is 0.240. The Bertz CT molecular complexity index is 219. The molecule has 0 aliphatic carbocycles. The van der Waals surface area contributed by atoms with Crippen LogP contribution in [0.2, 0.25) is 0 Å². The molecule has 0 saturated heterocycles. The van der Waals surface area contributed by atoms with Crippen LogP contribution in [0.3, 0.4) is 0 Å². The molecule has 0 aliphatic heterocycles. The molecule has 0 bridgehead atoms. The maximum Gasteiger partial charge on any atom is 0.119 e. The van der Waals surface area contributed by atoms with Crippen molar-refractivity contribution in [3.63, 3.8) is 0 Å². The van der Waals surface area contributed by atoms with E-state index in [4.69, 9.17) is 14.9 Å². The molecular weight excluding hydrogens is 168 g/mol. The molecule has 1 rings (SSSR count). The molecule has 0 radical (unpaired) electrons. The molecule has 0 fully saturated rings. The molecule has 0 aliphatic rings. The molecule has 0 aromatic heterocycles. The van der Waals surface area contributed by atoms with E-state index >= 15 is 0 Å². The van der Waals surface area contributed by atoms with Gasteiger partial charge in [0.15, 0.2) is 0 Å². The van der Waals surface area contributed by atoms with Gasteiger partial charge in [-0.1, -0.05) is 18.2 Å². The summed E-state index contributed by atoms with van der Waals surface area (Å²) in [6.07, 6.45) is 0. The quantitative estimate of drug-likeness (QED) is 0.703. The van der Waals surface area contributed by atoms with Crippen LogP contribution >= 0.6 is 0 Å². The van der Waals surface area contributed by atoms with Crippen molar-refractivity contribution in [2.45, 2.75) is 0 Å². The smallest absolute Gasteiger partial charge is 0.119 e. The highest BCUT2D eigenvalue weighted by atomic mass is 16.5. The first-order valence-electron chi connectivity index (χ1n) is 4.26. The highest BCUT2D eigenvalue weighted by molar-refractivity contribution is 5.20. The third-order valence-electron chi connectivity index (χ3n) is 1.75. The summed E-state index contributed by atoms with van der Waals surface area (Å²) in [5.41, 5.74) is 0. The topological polar surface area (TPSA) is 49.7 Å². The maximum atomic E-state index is 8.76. The van der Waals surface area contributed by atoms with E-state index < -0.39 is 0 Å². The van der Waals surface area contributed by atoms with E-state index in [1.807, 2.05) is 30.3 Å². The summed E-state index contributed by atoms with van der Waals surface area (Å²) in [5.74, 6) is 0.564. The van der Waals surface area contributed by atoms with E-state index in [0.717, 1.165) is 5.75 Å². The SMILES string of the molecule is OCC(CO)COc1ccccc1. The fourth-order valence-corrected chi connectivity index (χ4v) is 0.894. The Hall–Kier alpha value is -1.06. The van der Waals surface area contributed by atoms with Gasteiger partial charge in [0, 0.05) is 5.92 Å². The van der Waals surface area contributed by atoms with Gasteiger partial charge in [-0.25, -0.2) is 0 Å². The molecule has 72 valence electrons. The lowest BCUT2D eigenvalue weighted by Crippen LogP contribution is -2.19. The van der Waals surface area contributed by atoms with Crippen LogP contribution in [0.4, 0.5) is 0 Å². The molecule has 0 saturated carbocycles. The van der Waals surface area contributed by atoms with Crippen LogP contribution in [0.25, 0.3) is 0 Å². The van der Waals surface area contributed by atoms with Crippen molar-refractivity contribution in [3.8, 4) is 5.75 Å². The first kappa shape index (κ1) is 10.0. The van der Waals surface area contributed by atoms with E-state index in [2.05, 4.69) is 0 Å². The van der Waals surface area contributed by atoms with Crippen LogP contribution in [0, 0.1) is 5.92 Å². The Labute approximate surface area is 77.6 Å². The van der Waals surface area contributed by atoms with Gasteiger partial charge in [0.25, 0.3) is 0 Å². The van der Waals surface area contributed by atoms with Gasteiger partial charge >= 0.3 is 0 Å². The zero-order chi connectivity index (χ0) is 9.52. The third-order valence-corrected chi connectivity index (χ3v) is 1.75. The molecule has 0 unspecified atom stereocenters. The minimum Gasteiger partial charge on any atom is -0.493 e. The Balaban J connectivity index is 2.34. The second-order valence-corrected chi connectivity index (χ2v) is 2.86. The van der Waals surface area contributed by atoms with Crippen LogP contribution in [-0.4, -0.2) is 30.0 Å². The van der Waals surface area contributed by atoms with Crippen molar-refractivity contribution in [2.24, 2.45) is 5.92 Å². The summed E-state index contributed by atoms with van der Waals surface area (Å²) in [6, 6.07) is 9.34. The normalized spacial score (nSPS) is 10.4. The summed E-state index contributed by atoms with van der Waals surface area (Å²) >= 11 is 0. The molecule has 3 heteroatoms. The van der Waals surface area contributed by atoms with Gasteiger partial charge in [-0.2, -0.15) is 0 Å². The molecule has 1 aromatic carbocycles. The molecule has 2 N–H and O–H groups in total. The number of rotatable bonds is 5. The van der Waals surface area contributed by atoms with E-state index in [0.29, 0.717) is 6.61 Å². The second-order valence-electron chi connectivity index (χ2n) is 2.86. The van der Waals surface area contributed by atoms with E-state index in [1.54, 1.807) is 0 Å². The van der Waals surface area contributed by atoms with Crippen molar-refractivity contribution in [3.05, 3.63) is 30.3 Å². The zero-order valence-electron chi connectivity index (χ0n) is 7.39. The van der Waals surface area contributed by atoms with Gasteiger partial charge in [-0.05, 0) is 12.1 Å². The minimum absolute atomic E-state index is 0.0522. The zero-order valence-corrected chi connectivity index (χ0v) is 7.39. The fourth-order valence-electron chi connectivity index (χ4n) is 0.894. The van der Waals surface area contributed by atoms with E-state index in [9.17, 15) is 0 Å². The number of aliphatic hydroxyl groups is 2. The summed E-state index contributed by atoms with van der Waals surface area (Å²) in [7, 11) is 0. The van der Waals surface area contributed by atoms with E-state index in [1.165, 1.54) is 0 Å². The standard InChI is InChI=1S/C10H14O3/c11-6-9(7-12)8-13-10-4-2-1-3-5-10/h1-5,9,11-12H,6-8H2. The lowest BCUT2D eigenvalue weighted by molar-refractivity contribution is 0.106. The summed E-state index contributed by atoms with van der Waals surface area (Å²) in [4.78, 5) is 0. The van der Waals surface area contributed by atoms with Gasteiger partial charge < -0.3 is 14.9 Å².